The molecule has 0 aliphatic carbocycles. The van der Waals surface area contributed by atoms with E-state index in [4.69, 9.17) is 17.0 Å². The van der Waals surface area contributed by atoms with Crippen LogP contribution in [0.4, 0.5) is 0 Å². The second kappa shape index (κ2) is 7.32. The van der Waals surface area contributed by atoms with Crippen molar-refractivity contribution in [1.29, 1.82) is 0 Å². The number of thiocarbonyl (C=S) groups is 1. The maximum atomic E-state index is 12.1. The summed E-state index contributed by atoms with van der Waals surface area (Å²) in [5, 5.41) is 4.79. The van der Waals surface area contributed by atoms with Gasteiger partial charge in [-0.3, -0.25) is 4.79 Å². The zero-order chi connectivity index (χ0) is 17.9. The molecule has 0 aromatic heterocycles. The zero-order valence-electron chi connectivity index (χ0n) is 13.8. The third-order valence-electron chi connectivity index (χ3n) is 4.09. The van der Waals surface area contributed by atoms with E-state index < -0.39 is 0 Å². The van der Waals surface area contributed by atoms with Gasteiger partial charge in [0.05, 0.1) is 4.91 Å². The first-order chi connectivity index (χ1) is 12.7. The van der Waals surface area contributed by atoms with Gasteiger partial charge in [-0.05, 0) is 28.5 Å². The minimum absolute atomic E-state index is 0.165. The highest BCUT2D eigenvalue weighted by atomic mass is 32.2. The first kappa shape index (κ1) is 16.8. The maximum Gasteiger partial charge on any atom is 0.263 e. The number of rotatable bonds is 4. The summed E-state index contributed by atoms with van der Waals surface area (Å²) in [6.07, 6.45) is 1.86. The van der Waals surface area contributed by atoms with Gasteiger partial charge in [-0.25, -0.2) is 0 Å². The van der Waals surface area contributed by atoms with Crippen molar-refractivity contribution in [2.24, 2.45) is 0 Å². The first-order valence-corrected chi connectivity index (χ1v) is 9.36. The topological polar surface area (TPSA) is 38.3 Å². The van der Waals surface area contributed by atoms with Crippen LogP contribution in [0.5, 0.6) is 5.75 Å². The normalized spacial score (nSPS) is 15.5. The van der Waals surface area contributed by atoms with Crippen molar-refractivity contribution in [2.45, 2.75) is 6.61 Å². The van der Waals surface area contributed by atoms with Gasteiger partial charge in [-0.2, -0.15) is 0 Å². The Bertz CT molecular complexity index is 1030. The average Bonchev–Trinajstić information content (AvgIpc) is 2.99. The van der Waals surface area contributed by atoms with Crippen LogP contribution in [0, 0.1) is 0 Å². The molecule has 1 N–H and O–H groups in total. The van der Waals surface area contributed by atoms with E-state index in [-0.39, 0.29) is 5.91 Å². The molecule has 3 aromatic rings. The monoisotopic (exact) mass is 377 g/mol. The molecular weight excluding hydrogens is 362 g/mol. The van der Waals surface area contributed by atoms with Crippen LogP contribution >= 0.6 is 24.0 Å². The Labute approximate surface area is 161 Å². The molecule has 3 nitrogen and oxygen atoms in total. The lowest BCUT2D eigenvalue weighted by Crippen LogP contribution is -2.17. The summed E-state index contributed by atoms with van der Waals surface area (Å²) in [4.78, 5) is 12.7. The molecule has 1 aliphatic heterocycles. The largest absolute Gasteiger partial charge is 0.488 e. The van der Waals surface area contributed by atoms with Crippen molar-refractivity contribution in [1.82, 2.24) is 5.32 Å². The summed E-state index contributed by atoms with van der Waals surface area (Å²) < 4.78 is 6.57. The number of ether oxygens (including phenoxy) is 1. The van der Waals surface area contributed by atoms with Crippen LogP contribution in [-0.2, 0) is 11.4 Å². The number of fused-ring (bicyclic) bond motifs is 1. The SMILES string of the molecule is O=C1NC(=S)S/C1=C\c1c(OCc2ccccc2)ccc2ccccc12. The molecule has 1 heterocycles. The molecule has 0 unspecified atom stereocenters. The summed E-state index contributed by atoms with van der Waals surface area (Å²) in [6, 6.07) is 22.1. The highest BCUT2D eigenvalue weighted by Crippen LogP contribution is 2.34. The highest BCUT2D eigenvalue weighted by Gasteiger charge is 2.23. The molecule has 4 rings (SSSR count). The van der Waals surface area contributed by atoms with Gasteiger partial charge in [0.1, 0.15) is 16.7 Å². The van der Waals surface area contributed by atoms with Crippen LogP contribution in [0.3, 0.4) is 0 Å². The predicted molar refractivity (Wildman–Crippen MR) is 111 cm³/mol. The number of thioether (sulfide) groups is 1. The minimum atomic E-state index is -0.165. The minimum Gasteiger partial charge on any atom is -0.488 e. The Balaban J connectivity index is 1.76. The predicted octanol–water partition coefficient (Wildman–Crippen LogP) is 4.91. The van der Waals surface area contributed by atoms with Crippen LogP contribution in [0.1, 0.15) is 11.1 Å². The fourth-order valence-corrected chi connectivity index (χ4v) is 3.86. The second-order valence-electron chi connectivity index (χ2n) is 5.83. The summed E-state index contributed by atoms with van der Waals surface area (Å²) in [7, 11) is 0. The maximum absolute atomic E-state index is 12.1. The van der Waals surface area contributed by atoms with Gasteiger partial charge >= 0.3 is 0 Å². The summed E-state index contributed by atoms with van der Waals surface area (Å²) in [6.45, 7) is 0.465. The van der Waals surface area contributed by atoms with Crippen LogP contribution < -0.4 is 10.1 Å². The molecular formula is C21H15NO2S2. The van der Waals surface area contributed by atoms with Gasteiger partial charge in [0, 0.05) is 5.56 Å². The molecule has 3 aromatic carbocycles. The molecule has 0 bridgehead atoms. The number of hydrogen-bond donors (Lipinski definition) is 1. The van der Waals surface area contributed by atoms with Crippen LogP contribution in [0.25, 0.3) is 16.8 Å². The van der Waals surface area contributed by atoms with E-state index in [0.717, 1.165) is 27.6 Å². The van der Waals surface area contributed by atoms with Crippen molar-refractivity contribution < 1.29 is 9.53 Å². The lowest BCUT2D eigenvalue weighted by molar-refractivity contribution is -0.115. The Morgan fingerprint density at radius 1 is 1.00 bits per heavy atom. The Hall–Kier alpha value is -2.63. The number of nitrogens with one attached hydrogen (secondary N) is 1. The average molecular weight is 377 g/mol. The Morgan fingerprint density at radius 3 is 2.54 bits per heavy atom. The van der Waals surface area contributed by atoms with Gasteiger partial charge in [-0.15, -0.1) is 0 Å². The molecule has 0 atom stereocenters. The number of hydrogen-bond acceptors (Lipinski definition) is 4. The fourth-order valence-electron chi connectivity index (χ4n) is 2.84. The molecule has 0 radical (unpaired) electrons. The van der Waals surface area contributed by atoms with Crippen molar-refractivity contribution in [2.75, 3.05) is 0 Å². The molecule has 0 spiro atoms. The molecule has 26 heavy (non-hydrogen) atoms. The smallest absolute Gasteiger partial charge is 0.263 e. The Morgan fingerprint density at radius 2 is 1.77 bits per heavy atom. The van der Waals surface area contributed by atoms with Gasteiger partial charge < -0.3 is 10.1 Å². The van der Waals surface area contributed by atoms with E-state index in [1.807, 2.05) is 72.8 Å². The molecule has 1 fully saturated rings. The second-order valence-corrected chi connectivity index (χ2v) is 7.54. The zero-order valence-corrected chi connectivity index (χ0v) is 15.4. The van der Waals surface area contributed by atoms with Crippen molar-refractivity contribution in [3.05, 3.63) is 82.8 Å². The summed E-state index contributed by atoms with van der Waals surface area (Å²) >= 11 is 6.37. The van der Waals surface area contributed by atoms with E-state index in [0.29, 0.717) is 15.8 Å². The van der Waals surface area contributed by atoms with E-state index in [1.54, 1.807) is 0 Å². The Kier molecular flexibility index (Phi) is 4.73. The lowest BCUT2D eigenvalue weighted by Gasteiger charge is -2.12. The van der Waals surface area contributed by atoms with E-state index >= 15 is 0 Å². The van der Waals surface area contributed by atoms with Crippen molar-refractivity contribution in [3.8, 4) is 5.75 Å². The molecule has 0 saturated carbocycles. The highest BCUT2D eigenvalue weighted by molar-refractivity contribution is 8.26. The number of carbonyl (C=O) groups is 1. The molecule has 128 valence electrons. The number of amides is 1. The lowest BCUT2D eigenvalue weighted by atomic mass is 10.0. The quantitative estimate of drug-likeness (QED) is 0.518. The number of benzene rings is 3. The van der Waals surface area contributed by atoms with Crippen molar-refractivity contribution >= 4 is 51.1 Å². The van der Waals surface area contributed by atoms with Crippen LogP contribution in [-0.4, -0.2) is 10.2 Å². The van der Waals surface area contributed by atoms with Gasteiger partial charge in [0.2, 0.25) is 0 Å². The van der Waals surface area contributed by atoms with Gasteiger partial charge in [0.15, 0.2) is 0 Å². The van der Waals surface area contributed by atoms with E-state index in [1.165, 1.54) is 11.8 Å². The fraction of sp³-hybridized carbons (Fsp3) is 0.0476. The van der Waals surface area contributed by atoms with Crippen LogP contribution in [0.2, 0.25) is 0 Å². The van der Waals surface area contributed by atoms with Gasteiger partial charge in [-0.1, -0.05) is 84.6 Å². The summed E-state index contributed by atoms with van der Waals surface area (Å²) in [5.74, 6) is 0.577. The third-order valence-corrected chi connectivity index (χ3v) is 5.25. The van der Waals surface area contributed by atoms with Crippen molar-refractivity contribution in [3.63, 3.8) is 0 Å². The standard InChI is InChI=1S/C21H15NO2S2/c23-20-19(26-21(25)22-20)12-17-16-9-5-4-8-15(16)10-11-18(17)24-13-14-6-2-1-3-7-14/h1-12H,13H2,(H,22,23,25)/b19-12-. The molecule has 1 amide bonds. The van der Waals surface area contributed by atoms with E-state index in [2.05, 4.69) is 5.32 Å². The van der Waals surface area contributed by atoms with Crippen LogP contribution in [0.15, 0.2) is 71.6 Å². The van der Waals surface area contributed by atoms with E-state index in [9.17, 15) is 4.79 Å². The first-order valence-electron chi connectivity index (χ1n) is 8.14. The molecule has 1 aliphatic rings. The molecule has 5 heteroatoms. The van der Waals surface area contributed by atoms with Gasteiger partial charge in [0.25, 0.3) is 5.91 Å². The summed E-state index contributed by atoms with van der Waals surface area (Å²) in [5.41, 5.74) is 1.98. The third kappa shape index (κ3) is 3.49. The number of carbonyl (C=O) groups excluding carboxylic acids is 1. The molecule has 1 saturated heterocycles.